The second-order valence-corrected chi connectivity index (χ2v) is 6.38. The van der Waals surface area contributed by atoms with Gasteiger partial charge in [0.1, 0.15) is 6.10 Å². The Morgan fingerprint density at radius 2 is 2.12 bits per heavy atom. The van der Waals surface area contributed by atoms with E-state index < -0.39 is 0 Å². The molecular weight excluding hydrogens is 351 g/mol. The third-order valence-corrected chi connectivity index (χ3v) is 4.74. The summed E-state index contributed by atoms with van der Waals surface area (Å²) >= 11 is 0. The van der Waals surface area contributed by atoms with Crippen molar-refractivity contribution in [3.8, 4) is 0 Å². The van der Waals surface area contributed by atoms with Crippen LogP contribution in [0, 0.1) is 5.92 Å². The fourth-order valence-electron chi connectivity index (χ4n) is 3.34. The number of hydrogen-bond donors (Lipinski definition) is 1. The number of morpholine rings is 1. The molecule has 3 rings (SSSR count). The maximum atomic E-state index is 12.5. The van der Waals surface area contributed by atoms with E-state index in [1.165, 1.54) is 12.8 Å². The van der Waals surface area contributed by atoms with Crippen LogP contribution >= 0.6 is 24.8 Å². The number of ether oxygens (including phenoxy) is 1. The van der Waals surface area contributed by atoms with E-state index in [1.807, 2.05) is 24.3 Å². The Morgan fingerprint density at radius 1 is 1.38 bits per heavy atom. The predicted molar refractivity (Wildman–Crippen MR) is 97.8 cm³/mol. The summed E-state index contributed by atoms with van der Waals surface area (Å²) < 4.78 is 7.57. The SMILES string of the molecule is Cl.Cl.Cn1cc(C2CN(C(=O)CCC3CCNCC3)CCO2)cn1. The zero-order valence-corrected chi connectivity index (χ0v) is 15.8. The second-order valence-electron chi connectivity index (χ2n) is 6.38. The second kappa shape index (κ2) is 10.2. The first kappa shape index (κ1) is 21.2. The molecule has 138 valence electrons. The summed E-state index contributed by atoms with van der Waals surface area (Å²) in [7, 11) is 1.90. The van der Waals surface area contributed by atoms with Crippen molar-refractivity contribution in [2.24, 2.45) is 13.0 Å². The van der Waals surface area contributed by atoms with Crippen molar-refractivity contribution in [1.82, 2.24) is 20.0 Å². The van der Waals surface area contributed by atoms with E-state index in [4.69, 9.17) is 4.74 Å². The minimum Gasteiger partial charge on any atom is -0.370 e. The third-order valence-electron chi connectivity index (χ3n) is 4.74. The monoisotopic (exact) mass is 378 g/mol. The van der Waals surface area contributed by atoms with Crippen molar-refractivity contribution in [2.75, 3.05) is 32.8 Å². The van der Waals surface area contributed by atoms with Gasteiger partial charge in [-0.25, -0.2) is 0 Å². The highest BCUT2D eigenvalue weighted by Gasteiger charge is 2.26. The first-order valence-corrected chi connectivity index (χ1v) is 8.31. The van der Waals surface area contributed by atoms with Crippen LogP contribution in [0.5, 0.6) is 0 Å². The lowest BCUT2D eigenvalue weighted by atomic mass is 9.93. The molecule has 1 unspecified atom stereocenters. The Kier molecular flexibility index (Phi) is 9.05. The number of nitrogens with zero attached hydrogens (tertiary/aromatic N) is 3. The number of halogens is 2. The van der Waals surface area contributed by atoms with Crippen molar-refractivity contribution in [3.05, 3.63) is 18.0 Å². The smallest absolute Gasteiger partial charge is 0.222 e. The number of piperidine rings is 1. The Hall–Kier alpha value is -0.820. The van der Waals surface area contributed by atoms with Crippen LogP contribution in [0.1, 0.15) is 37.4 Å². The normalized spacial score (nSPS) is 21.7. The van der Waals surface area contributed by atoms with E-state index in [9.17, 15) is 4.79 Å². The first-order chi connectivity index (χ1) is 10.7. The zero-order valence-electron chi connectivity index (χ0n) is 14.1. The fourth-order valence-corrected chi connectivity index (χ4v) is 3.34. The van der Waals surface area contributed by atoms with Gasteiger partial charge in [-0.05, 0) is 38.3 Å². The standard InChI is InChI=1S/C16H26N4O2.2ClH/c1-19-11-14(10-18-19)15-12-20(8-9-22-15)16(21)3-2-13-4-6-17-7-5-13;;/h10-11,13,15,17H,2-9,12H2,1H3;2*1H. The van der Waals surface area contributed by atoms with Crippen LogP contribution in [0.4, 0.5) is 0 Å². The van der Waals surface area contributed by atoms with Gasteiger partial charge in [-0.3, -0.25) is 9.48 Å². The number of hydrogen-bond acceptors (Lipinski definition) is 4. The van der Waals surface area contributed by atoms with Crippen LogP contribution in [-0.2, 0) is 16.6 Å². The van der Waals surface area contributed by atoms with Crippen molar-refractivity contribution in [2.45, 2.75) is 31.8 Å². The Labute approximate surface area is 156 Å². The molecule has 1 N–H and O–H groups in total. The van der Waals surface area contributed by atoms with Crippen LogP contribution in [0.15, 0.2) is 12.4 Å². The van der Waals surface area contributed by atoms with Gasteiger partial charge in [0, 0.05) is 31.8 Å². The molecule has 1 aromatic rings. The van der Waals surface area contributed by atoms with Crippen LogP contribution in [0.25, 0.3) is 0 Å². The lowest BCUT2D eigenvalue weighted by Crippen LogP contribution is -2.42. The van der Waals surface area contributed by atoms with Gasteiger partial charge in [0.15, 0.2) is 0 Å². The highest BCUT2D eigenvalue weighted by Crippen LogP contribution is 2.23. The number of nitrogens with one attached hydrogen (secondary N) is 1. The van der Waals surface area contributed by atoms with Crippen LogP contribution in [-0.4, -0.2) is 53.4 Å². The van der Waals surface area contributed by atoms with Crippen LogP contribution < -0.4 is 5.32 Å². The molecule has 0 aliphatic carbocycles. The van der Waals surface area contributed by atoms with Gasteiger partial charge >= 0.3 is 0 Å². The maximum Gasteiger partial charge on any atom is 0.222 e. The fraction of sp³-hybridized carbons (Fsp3) is 0.750. The van der Waals surface area contributed by atoms with E-state index in [2.05, 4.69) is 10.4 Å². The molecule has 0 saturated carbocycles. The van der Waals surface area contributed by atoms with E-state index in [-0.39, 0.29) is 36.8 Å². The van der Waals surface area contributed by atoms with E-state index >= 15 is 0 Å². The quantitative estimate of drug-likeness (QED) is 0.869. The molecule has 0 radical (unpaired) electrons. The Morgan fingerprint density at radius 3 is 2.79 bits per heavy atom. The largest absolute Gasteiger partial charge is 0.370 e. The predicted octanol–water partition coefficient (Wildman–Crippen LogP) is 1.94. The molecule has 2 saturated heterocycles. The van der Waals surface area contributed by atoms with Gasteiger partial charge < -0.3 is 15.0 Å². The lowest BCUT2D eigenvalue weighted by Gasteiger charge is -2.33. The van der Waals surface area contributed by atoms with Gasteiger partial charge in [0.05, 0.1) is 19.3 Å². The molecule has 2 fully saturated rings. The zero-order chi connectivity index (χ0) is 15.4. The van der Waals surface area contributed by atoms with Crippen molar-refractivity contribution < 1.29 is 9.53 Å². The van der Waals surface area contributed by atoms with Gasteiger partial charge in [0.2, 0.25) is 5.91 Å². The van der Waals surface area contributed by atoms with E-state index in [0.717, 1.165) is 25.1 Å². The summed E-state index contributed by atoms with van der Waals surface area (Å²) in [4.78, 5) is 14.4. The number of carbonyl (C=O) groups is 1. The molecule has 0 aromatic carbocycles. The van der Waals surface area contributed by atoms with Crippen molar-refractivity contribution >= 4 is 30.7 Å². The number of rotatable bonds is 4. The summed E-state index contributed by atoms with van der Waals surface area (Å²) in [6, 6.07) is 0. The van der Waals surface area contributed by atoms with Crippen LogP contribution in [0.2, 0.25) is 0 Å². The summed E-state index contributed by atoms with van der Waals surface area (Å²) in [5.41, 5.74) is 1.05. The molecule has 2 aliphatic heterocycles. The molecular formula is C16H28Cl2N4O2. The van der Waals surface area contributed by atoms with Crippen molar-refractivity contribution in [1.29, 1.82) is 0 Å². The molecule has 2 aliphatic rings. The van der Waals surface area contributed by atoms with Gasteiger partial charge in [0.25, 0.3) is 0 Å². The van der Waals surface area contributed by atoms with E-state index in [0.29, 0.717) is 32.0 Å². The summed E-state index contributed by atoms with van der Waals surface area (Å²) in [5, 5.41) is 7.56. The molecule has 24 heavy (non-hydrogen) atoms. The summed E-state index contributed by atoms with van der Waals surface area (Å²) in [6.45, 7) is 4.16. The number of amides is 1. The first-order valence-electron chi connectivity index (χ1n) is 8.31. The average Bonchev–Trinajstić information content (AvgIpc) is 3.00. The van der Waals surface area contributed by atoms with Crippen LogP contribution in [0.3, 0.4) is 0 Å². The Bertz CT molecular complexity index is 506. The molecule has 3 heterocycles. The maximum absolute atomic E-state index is 12.5. The molecule has 1 aromatic heterocycles. The topological polar surface area (TPSA) is 59.4 Å². The van der Waals surface area contributed by atoms with Gasteiger partial charge in [-0.2, -0.15) is 5.10 Å². The molecule has 1 amide bonds. The van der Waals surface area contributed by atoms with Gasteiger partial charge in [-0.1, -0.05) is 0 Å². The molecule has 0 bridgehead atoms. The molecule has 1 atom stereocenters. The number of aromatic nitrogens is 2. The highest BCUT2D eigenvalue weighted by atomic mass is 35.5. The molecule has 6 nitrogen and oxygen atoms in total. The lowest BCUT2D eigenvalue weighted by molar-refractivity contribution is -0.139. The minimum absolute atomic E-state index is 0. The highest BCUT2D eigenvalue weighted by molar-refractivity contribution is 5.85. The average molecular weight is 379 g/mol. The minimum atomic E-state index is -0.0368. The summed E-state index contributed by atoms with van der Waals surface area (Å²) in [6.07, 6.45) is 7.86. The Balaban J connectivity index is 0.00000144. The summed E-state index contributed by atoms with van der Waals surface area (Å²) in [5.74, 6) is 0.982. The van der Waals surface area contributed by atoms with Crippen molar-refractivity contribution in [3.63, 3.8) is 0 Å². The van der Waals surface area contributed by atoms with Gasteiger partial charge in [-0.15, -0.1) is 24.8 Å². The molecule has 8 heteroatoms. The number of aryl methyl sites for hydroxylation is 1. The number of carbonyl (C=O) groups excluding carboxylic acids is 1. The molecule has 0 spiro atoms. The third kappa shape index (κ3) is 5.62. The van der Waals surface area contributed by atoms with E-state index in [1.54, 1.807) is 4.68 Å².